The first-order chi connectivity index (χ1) is 7.31. The van der Waals surface area contributed by atoms with E-state index in [0.29, 0.717) is 18.9 Å². The van der Waals surface area contributed by atoms with E-state index in [2.05, 4.69) is 10.1 Å². The molecule has 2 aromatic heterocycles. The van der Waals surface area contributed by atoms with Gasteiger partial charge in [-0.1, -0.05) is 6.07 Å². The molecule has 5 nitrogen and oxygen atoms in total. The van der Waals surface area contributed by atoms with E-state index < -0.39 is 0 Å². The van der Waals surface area contributed by atoms with Crippen LogP contribution in [0.3, 0.4) is 0 Å². The lowest BCUT2D eigenvalue weighted by molar-refractivity contribution is 0.635. The standard InChI is InChI=1S/C10H13N5/c11-4-6-15-10(12)7-9(14-15)8-3-1-2-5-13-8/h1-3,5,7H,4,6,11-12H2. The number of nitrogens with two attached hydrogens (primary N) is 2. The molecule has 0 saturated heterocycles. The third-order valence-electron chi connectivity index (χ3n) is 2.08. The smallest absolute Gasteiger partial charge is 0.122 e. The van der Waals surface area contributed by atoms with E-state index in [4.69, 9.17) is 11.5 Å². The summed E-state index contributed by atoms with van der Waals surface area (Å²) in [4.78, 5) is 4.20. The highest BCUT2D eigenvalue weighted by Crippen LogP contribution is 2.17. The topological polar surface area (TPSA) is 82.8 Å². The molecule has 0 saturated carbocycles. The minimum absolute atomic E-state index is 0.521. The van der Waals surface area contributed by atoms with Crippen molar-refractivity contribution in [2.45, 2.75) is 6.54 Å². The largest absolute Gasteiger partial charge is 0.384 e. The van der Waals surface area contributed by atoms with Gasteiger partial charge in [0, 0.05) is 18.8 Å². The van der Waals surface area contributed by atoms with E-state index in [-0.39, 0.29) is 0 Å². The average Bonchev–Trinajstić information content (AvgIpc) is 2.63. The third-order valence-corrected chi connectivity index (χ3v) is 2.08. The van der Waals surface area contributed by atoms with Gasteiger partial charge in [-0.05, 0) is 12.1 Å². The second-order valence-corrected chi connectivity index (χ2v) is 3.18. The Bertz CT molecular complexity index is 434. The van der Waals surface area contributed by atoms with Crippen molar-refractivity contribution >= 4 is 5.82 Å². The highest BCUT2D eigenvalue weighted by atomic mass is 15.3. The highest BCUT2D eigenvalue weighted by molar-refractivity contribution is 5.57. The first-order valence-corrected chi connectivity index (χ1v) is 4.76. The lowest BCUT2D eigenvalue weighted by Crippen LogP contribution is -2.13. The molecule has 0 aliphatic rings. The van der Waals surface area contributed by atoms with Crippen LogP contribution in [0.4, 0.5) is 5.82 Å². The van der Waals surface area contributed by atoms with Crippen LogP contribution in [0.25, 0.3) is 11.4 Å². The first kappa shape index (κ1) is 9.67. The molecule has 2 rings (SSSR count). The molecule has 0 spiro atoms. The summed E-state index contributed by atoms with van der Waals surface area (Å²) in [5.74, 6) is 0.612. The van der Waals surface area contributed by atoms with Crippen molar-refractivity contribution in [2.24, 2.45) is 5.73 Å². The molecule has 0 aliphatic carbocycles. The first-order valence-electron chi connectivity index (χ1n) is 4.76. The monoisotopic (exact) mass is 203 g/mol. The Kier molecular flexibility index (Phi) is 2.64. The molecule has 2 aromatic rings. The third kappa shape index (κ3) is 1.97. The van der Waals surface area contributed by atoms with Crippen LogP contribution in [-0.4, -0.2) is 21.3 Å². The van der Waals surface area contributed by atoms with E-state index in [1.807, 2.05) is 18.2 Å². The predicted octanol–water partition coefficient (Wildman–Crippen LogP) is 0.486. The van der Waals surface area contributed by atoms with E-state index in [1.54, 1.807) is 16.9 Å². The second kappa shape index (κ2) is 4.10. The molecule has 0 aliphatic heterocycles. The lowest BCUT2D eigenvalue weighted by Gasteiger charge is -1.99. The lowest BCUT2D eigenvalue weighted by atomic mass is 10.3. The zero-order valence-corrected chi connectivity index (χ0v) is 8.30. The minimum atomic E-state index is 0.521. The fourth-order valence-electron chi connectivity index (χ4n) is 1.37. The minimum Gasteiger partial charge on any atom is -0.384 e. The normalized spacial score (nSPS) is 10.5. The Morgan fingerprint density at radius 2 is 2.13 bits per heavy atom. The molecule has 78 valence electrons. The Labute approximate surface area is 87.7 Å². The molecule has 0 fully saturated rings. The maximum Gasteiger partial charge on any atom is 0.122 e. The molecule has 0 unspecified atom stereocenters. The van der Waals surface area contributed by atoms with Crippen LogP contribution in [0.5, 0.6) is 0 Å². The van der Waals surface area contributed by atoms with Crippen molar-refractivity contribution in [3.63, 3.8) is 0 Å². The number of anilines is 1. The van der Waals surface area contributed by atoms with Gasteiger partial charge in [0.25, 0.3) is 0 Å². The van der Waals surface area contributed by atoms with E-state index in [0.717, 1.165) is 11.4 Å². The fourth-order valence-corrected chi connectivity index (χ4v) is 1.37. The number of hydrogen-bond acceptors (Lipinski definition) is 4. The van der Waals surface area contributed by atoms with Crippen molar-refractivity contribution < 1.29 is 0 Å². The van der Waals surface area contributed by atoms with Gasteiger partial charge in [0.15, 0.2) is 0 Å². The average molecular weight is 203 g/mol. The molecule has 15 heavy (non-hydrogen) atoms. The van der Waals surface area contributed by atoms with Crippen LogP contribution < -0.4 is 11.5 Å². The fraction of sp³-hybridized carbons (Fsp3) is 0.200. The number of nitrogens with zero attached hydrogens (tertiary/aromatic N) is 3. The second-order valence-electron chi connectivity index (χ2n) is 3.18. The molecule has 5 heteroatoms. The zero-order valence-electron chi connectivity index (χ0n) is 8.30. The van der Waals surface area contributed by atoms with Crippen LogP contribution in [0.15, 0.2) is 30.5 Å². The van der Waals surface area contributed by atoms with Crippen LogP contribution in [0.1, 0.15) is 0 Å². The summed E-state index contributed by atoms with van der Waals surface area (Å²) in [6.07, 6.45) is 1.73. The van der Waals surface area contributed by atoms with Gasteiger partial charge in [0.1, 0.15) is 11.5 Å². The summed E-state index contributed by atoms with van der Waals surface area (Å²) >= 11 is 0. The van der Waals surface area contributed by atoms with Gasteiger partial charge in [0.2, 0.25) is 0 Å². The van der Waals surface area contributed by atoms with Gasteiger partial charge in [-0.15, -0.1) is 0 Å². The summed E-state index contributed by atoms with van der Waals surface area (Å²) in [5.41, 5.74) is 12.8. The molecule has 0 aromatic carbocycles. The molecular formula is C10H13N5. The molecular weight excluding hydrogens is 190 g/mol. The number of pyridine rings is 1. The van der Waals surface area contributed by atoms with Crippen molar-refractivity contribution in [2.75, 3.05) is 12.3 Å². The van der Waals surface area contributed by atoms with Crippen LogP contribution in [0.2, 0.25) is 0 Å². The molecule has 0 radical (unpaired) electrons. The SMILES string of the molecule is NCCn1nc(-c2ccccn2)cc1N. The van der Waals surface area contributed by atoms with Gasteiger partial charge in [-0.2, -0.15) is 5.10 Å². The van der Waals surface area contributed by atoms with Gasteiger partial charge in [0.05, 0.1) is 12.2 Å². The number of aromatic nitrogens is 3. The van der Waals surface area contributed by atoms with Gasteiger partial charge < -0.3 is 11.5 Å². The molecule has 0 atom stereocenters. The molecule has 4 N–H and O–H groups in total. The van der Waals surface area contributed by atoms with Crippen LogP contribution in [0, 0.1) is 0 Å². The number of hydrogen-bond donors (Lipinski definition) is 2. The van der Waals surface area contributed by atoms with Crippen molar-refractivity contribution in [1.82, 2.24) is 14.8 Å². The summed E-state index contributed by atoms with van der Waals surface area (Å²) in [6.45, 7) is 1.15. The van der Waals surface area contributed by atoms with Crippen LogP contribution in [-0.2, 0) is 6.54 Å². The Balaban J connectivity index is 2.34. The van der Waals surface area contributed by atoms with Gasteiger partial charge >= 0.3 is 0 Å². The highest BCUT2D eigenvalue weighted by Gasteiger charge is 2.06. The van der Waals surface area contributed by atoms with Gasteiger partial charge in [-0.3, -0.25) is 4.98 Å². The number of nitrogen functional groups attached to an aromatic ring is 1. The van der Waals surface area contributed by atoms with E-state index >= 15 is 0 Å². The van der Waals surface area contributed by atoms with E-state index in [1.165, 1.54) is 0 Å². The maximum atomic E-state index is 5.78. The van der Waals surface area contributed by atoms with Crippen LogP contribution >= 0.6 is 0 Å². The van der Waals surface area contributed by atoms with Crippen molar-refractivity contribution in [3.05, 3.63) is 30.5 Å². The summed E-state index contributed by atoms with van der Waals surface area (Å²) < 4.78 is 1.68. The summed E-state index contributed by atoms with van der Waals surface area (Å²) in [6, 6.07) is 7.48. The quantitative estimate of drug-likeness (QED) is 0.760. The zero-order chi connectivity index (χ0) is 10.7. The summed E-state index contributed by atoms with van der Waals surface area (Å²) in [5, 5.41) is 4.32. The van der Waals surface area contributed by atoms with Crippen molar-refractivity contribution in [3.8, 4) is 11.4 Å². The Morgan fingerprint density at radius 1 is 1.27 bits per heavy atom. The Hall–Kier alpha value is -1.88. The summed E-state index contributed by atoms with van der Waals surface area (Å²) in [7, 11) is 0. The Morgan fingerprint density at radius 3 is 2.80 bits per heavy atom. The van der Waals surface area contributed by atoms with E-state index in [9.17, 15) is 0 Å². The maximum absolute atomic E-state index is 5.78. The van der Waals surface area contributed by atoms with Crippen molar-refractivity contribution in [1.29, 1.82) is 0 Å². The molecule has 0 bridgehead atoms. The van der Waals surface area contributed by atoms with Gasteiger partial charge in [-0.25, -0.2) is 4.68 Å². The molecule has 0 amide bonds. The molecule has 2 heterocycles. The predicted molar refractivity (Wildman–Crippen MR) is 58.9 cm³/mol. The number of rotatable bonds is 3.